The highest BCUT2D eigenvalue weighted by Crippen LogP contribution is 2.20. The lowest BCUT2D eigenvalue weighted by molar-refractivity contribution is 0.0388. The van der Waals surface area contributed by atoms with Crippen molar-refractivity contribution in [1.82, 2.24) is 14.9 Å². The quantitative estimate of drug-likeness (QED) is 0.869. The molecule has 1 aromatic carbocycles. The molecule has 0 atom stereocenters. The van der Waals surface area contributed by atoms with Crippen molar-refractivity contribution < 1.29 is 9.53 Å². The molecule has 1 aliphatic rings. The molecule has 22 heavy (non-hydrogen) atoms. The van der Waals surface area contributed by atoms with E-state index < -0.39 is 0 Å². The molecule has 2 heterocycles. The summed E-state index contributed by atoms with van der Waals surface area (Å²) >= 11 is 5.75. The van der Waals surface area contributed by atoms with Gasteiger partial charge < -0.3 is 9.64 Å². The van der Waals surface area contributed by atoms with Crippen molar-refractivity contribution in [3.63, 3.8) is 0 Å². The predicted octanol–water partition coefficient (Wildman–Crippen LogP) is 2.59. The zero-order valence-electron chi connectivity index (χ0n) is 12.2. The molecule has 5 nitrogen and oxygen atoms in total. The molecule has 1 fully saturated rings. The van der Waals surface area contributed by atoms with Crippen LogP contribution in [-0.4, -0.2) is 40.5 Å². The van der Waals surface area contributed by atoms with Gasteiger partial charge in [0.15, 0.2) is 5.15 Å². The standard InChI is InChI=1S/C16H16ClN3O2/c1-11-3-2-4-13(5-11)16(21)20-8-12(9-20)10-22-15-7-18-6-14(17)19-15/h2-7,12H,8-10H2,1H3. The molecule has 0 aliphatic carbocycles. The van der Waals surface area contributed by atoms with Gasteiger partial charge in [-0.3, -0.25) is 9.78 Å². The van der Waals surface area contributed by atoms with E-state index in [9.17, 15) is 4.79 Å². The molecule has 6 heteroatoms. The van der Waals surface area contributed by atoms with Crippen LogP contribution in [0.1, 0.15) is 15.9 Å². The van der Waals surface area contributed by atoms with Gasteiger partial charge in [0.2, 0.25) is 5.88 Å². The second-order valence-electron chi connectivity index (χ2n) is 5.44. The van der Waals surface area contributed by atoms with Crippen molar-refractivity contribution in [1.29, 1.82) is 0 Å². The Kier molecular flexibility index (Phi) is 4.24. The molecule has 3 rings (SSSR count). The Morgan fingerprint density at radius 3 is 2.95 bits per heavy atom. The Labute approximate surface area is 133 Å². The monoisotopic (exact) mass is 317 g/mol. The van der Waals surface area contributed by atoms with E-state index in [0.29, 0.717) is 36.6 Å². The van der Waals surface area contributed by atoms with Gasteiger partial charge in [0.05, 0.1) is 19.0 Å². The molecule has 0 spiro atoms. The lowest BCUT2D eigenvalue weighted by atomic mass is 9.99. The van der Waals surface area contributed by atoms with Crippen LogP contribution in [0.15, 0.2) is 36.7 Å². The number of rotatable bonds is 4. The minimum Gasteiger partial charge on any atom is -0.476 e. The van der Waals surface area contributed by atoms with Crippen molar-refractivity contribution in [3.05, 3.63) is 52.9 Å². The molecule has 0 N–H and O–H groups in total. The molecule has 0 bridgehead atoms. The number of likely N-dealkylation sites (tertiary alicyclic amines) is 1. The zero-order chi connectivity index (χ0) is 15.5. The van der Waals surface area contributed by atoms with Crippen molar-refractivity contribution in [2.24, 2.45) is 5.92 Å². The fourth-order valence-corrected chi connectivity index (χ4v) is 2.54. The summed E-state index contributed by atoms with van der Waals surface area (Å²) in [5.74, 6) is 0.799. The first kappa shape index (κ1) is 14.8. The van der Waals surface area contributed by atoms with Gasteiger partial charge in [-0.1, -0.05) is 29.3 Å². The summed E-state index contributed by atoms with van der Waals surface area (Å²) in [6, 6.07) is 7.64. The second-order valence-corrected chi connectivity index (χ2v) is 5.82. The number of nitrogens with zero attached hydrogens (tertiary/aromatic N) is 3. The highest BCUT2D eigenvalue weighted by molar-refractivity contribution is 6.29. The lowest BCUT2D eigenvalue weighted by Crippen LogP contribution is -2.52. The van der Waals surface area contributed by atoms with Crippen LogP contribution in [-0.2, 0) is 0 Å². The Bertz CT molecular complexity index is 687. The van der Waals surface area contributed by atoms with Gasteiger partial charge in [0.25, 0.3) is 5.91 Å². The molecule has 1 amide bonds. The summed E-state index contributed by atoms with van der Waals surface area (Å²) in [5.41, 5.74) is 1.82. The van der Waals surface area contributed by atoms with Crippen LogP contribution in [0.4, 0.5) is 0 Å². The Morgan fingerprint density at radius 2 is 2.23 bits per heavy atom. The van der Waals surface area contributed by atoms with E-state index in [-0.39, 0.29) is 5.91 Å². The average molecular weight is 318 g/mol. The topological polar surface area (TPSA) is 55.3 Å². The summed E-state index contributed by atoms with van der Waals surface area (Å²) in [4.78, 5) is 22.0. The Hall–Kier alpha value is -2.14. The van der Waals surface area contributed by atoms with Gasteiger partial charge in [0.1, 0.15) is 0 Å². The number of amides is 1. The third-order valence-electron chi connectivity index (χ3n) is 3.56. The van der Waals surface area contributed by atoms with E-state index in [1.165, 1.54) is 12.4 Å². The second kappa shape index (κ2) is 6.32. The zero-order valence-corrected chi connectivity index (χ0v) is 13.0. The van der Waals surface area contributed by atoms with Crippen LogP contribution in [0, 0.1) is 12.8 Å². The van der Waals surface area contributed by atoms with E-state index in [4.69, 9.17) is 16.3 Å². The summed E-state index contributed by atoms with van der Waals surface area (Å²) in [7, 11) is 0. The van der Waals surface area contributed by atoms with Crippen molar-refractivity contribution >= 4 is 17.5 Å². The number of aromatic nitrogens is 2. The van der Waals surface area contributed by atoms with Crippen LogP contribution in [0.3, 0.4) is 0 Å². The maximum atomic E-state index is 12.3. The number of aryl methyl sites for hydroxylation is 1. The van der Waals surface area contributed by atoms with Crippen LogP contribution in [0.2, 0.25) is 5.15 Å². The van der Waals surface area contributed by atoms with E-state index in [0.717, 1.165) is 11.1 Å². The summed E-state index contributed by atoms with van der Waals surface area (Å²) < 4.78 is 5.55. The Balaban J connectivity index is 1.49. The fourth-order valence-electron chi connectivity index (χ4n) is 2.40. The summed E-state index contributed by atoms with van der Waals surface area (Å²) in [6.07, 6.45) is 2.99. The van der Waals surface area contributed by atoms with E-state index >= 15 is 0 Å². The molecule has 1 aromatic heterocycles. The van der Waals surface area contributed by atoms with E-state index in [1.807, 2.05) is 36.1 Å². The molecule has 2 aromatic rings. The molecular weight excluding hydrogens is 302 g/mol. The molecule has 114 valence electrons. The number of hydrogen-bond donors (Lipinski definition) is 0. The lowest BCUT2D eigenvalue weighted by Gasteiger charge is -2.39. The first-order chi connectivity index (χ1) is 10.6. The number of hydrogen-bond acceptors (Lipinski definition) is 4. The minimum absolute atomic E-state index is 0.0718. The van der Waals surface area contributed by atoms with Crippen LogP contribution in [0.5, 0.6) is 5.88 Å². The molecule has 0 radical (unpaired) electrons. The normalized spacial score (nSPS) is 14.5. The number of carbonyl (C=O) groups excluding carboxylic acids is 1. The van der Waals surface area contributed by atoms with Gasteiger partial charge in [0, 0.05) is 24.6 Å². The fraction of sp³-hybridized carbons (Fsp3) is 0.312. The van der Waals surface area contributed by atoms with Crippen LogP contribution in [0.25, 0.3) is 0 Å². The number of ether oxygens (including phenoxy) is 1. The summed E-state index contributed by atoms with van der Waals surface area (Å²) in [5, 5.41) is 0.308. The first-order valence-electron chi connectivity index (χ1n) is 7.08. The molecule has 0 unspecified atom stereocenters. The maximum absolute atomic E-state index is 12.3. The van der Waals surface area contributed by atoms with E-state index in [2.05, 4.69) is 9.97 Å². The van der Waals surface area contributed by atoms with E-state index in [1.54, 1.807) is 0 Å². The van der Waals surface area contributed by atoms with Crippen molar-refractivity contribution in [2.45, 2.75) is 6.92 Å². The smallest absolute Gasteiger partial charge is 0.253 e. The predicted molar refractivity (Wildman–Crippen MR) is 83.1 cm³/mol. The van der Waals surface area contributed by atoms with Crippen molar-refractivity contribution in [2.75, 3.05) is 19.7 Å². The minimum atomic E-state index is 0.0718. The van der Waals surface area contributed by atoms with Crippen LogP contribution >= 0.6 is 11.6 Å². The third kappa shape index (κ3) is 3.36. The van der Waals surface area contributed by atoms with Gasteiger partial charge in [-0.05, 0) is 19.1 Å². The third-order valence-corrected chi connectivity index (χ3v) is 3.74. The SMILES string of the molecule is Cc1cccc(C(=O)N2CC(COc3cncc(Cl)n3)C2)c1. The highest BCUT2D eigenvalue weighted by Gasteiger charge is 2.31. The average Bonchev–Trinajstić information content (AvgIpc) is 2.45. The molecule has 0 saturated carbocycles. The summed E-state index contributed by atoms with van der Waals surface area (Å²) in [6.45, 7) is 3.88. The van der Waals surface area contributed by atoms with Crippen molar-refractivity contribution in [3.8, 4) is 5.88 Å². The molecule has 1 aliphatic heterocycles. The van der Waals surface area contributed by atoms with Crippen LogP contribution < -0.4 is 4.74 Å². The highest BCUT2D eigenvalue weighted by atomic mass is 35.5. The number of halogens is 1. The maximum Gasteiger partial charge on any atom is 0.253 e. The van der Waals surface area contributed by atoms with Gasteiger partial charge in [-0.15, -0.1) is 0 Å². The van der Waals surface area contributed by atoms with Gasteiger partial charge in [-0.25, -0.2) is 0 Å². The van der Waals surface area contributed by atoms with Gasteiger partial charge in [-0.2, -0.15) is 4.98 Å². The molecular formula is C16H16ClN3O2. The first-order valence-corrected chi connectivity index (χ1v) is 7.46. The van der Waals surface area contributed by atoms with Gasteiger partial charge >= 0.3 is 0 Å². The number of benzene rings is 1. The molecule has 1 saturated heterocycles. The Morgan fingerprint density at radius 1 is 1.41 bits per heavy atom. The largest absolute Gasteiger partial charge is 0.476 e. The number of carbonyl (C=O) groups is 1.